The van der Waals surface area contributed by atoms with Gasteiger partial charge in [-0.1, -0.05) is 6.92 Å². The summed E-state index contributed by atoms with van der Waals surface area (Å²) in [5, 5.41) is 12.1. The van der Waals surface area contributed by atoms with Crippen molar-refractivity contribution in [3.63, 3.8) is 0 Å². The maximum Gasteiger partial charge on any atom is 0.225 e. The second-order valence-corrected chi connectivity index (χ2v) is 4.32. The van der Waals surface area contributed by atoms with Gasteiger partial charge in [0.15, 0.2) is 0 Å². The lowest BCUT2D eigenvalue weighted by Gasteiger charge is -2.16. The molecule has 2 atom stereocenters. The zero-order valence-corrected chi connectivity index (χ0v) is 9.90. The minimum Gasteiger partial charge on any atom is -0.391 e. The smallest absolute Gasteiger partial charge is 0.225 e. The number of β-amino-alcohol motifs (C(OH)–C–C–N with tert-alkyl or cyclic N) is 1. The van der Waals surface area contributed by atoms with Gasteiger partial charge in [0.2, 0.25) is 11.8 Å². The third-order valence-corrected chi connectivity index (χ3v) is 2.82. The second kappa shape index (κ2) is 5.84. The first-order valence-corrected chi connectivity index (χ1v) is 5.78. The van der Waals surface area contributed by atoms with Gasteiger partial charge in [0.25, 0.3) is 0 Å². The highest BCUT2D eigenvalue weighted by Gasteiger charge is 2.27. The molecule has 92 valence electrons. The zero-order valence-electron chi connectivity index (χ0n) is 9.90. The fourth-order valence-electron chi connectivity index (χ4n) is 1.65. The van der Waals surface area contributed by atoms with Crippen LogP contribution < -0.4 is 5.32 Å². The highest BCUT2D eigenvalue weighted by Crippen LogP contribution is 2.10. The van der Waals surface area contributed by atoms with Crippen LogP contribution in [0, 0.1) is 0 Å². The minimum atomic E-state index is -0.565. The average molecular weight is 228 g/mol. The highest BCUT2D eigenvalue weighted by molar-refractivity contribution is 5.80. The molecule has 16 heavy (non-hydrogen) atoms. The molecule has 0 aromatic rings. The van der Waals surface area contributed by atoms with Crippen molar-refractivity contribution in [1.82, 2.24) is 10.2 Å². The lowest BCUT2D eigenvalue weighted by molar-refractivity contribution is -0.128. The molecule has 1 rings (SSSR count). The second-order valence-electron chi connectivity index (χ2n) is 4.32. The van der Waals surface area contributed by atoms with Gasteiger partial charge in [-0.15, -0.1) is 0 Å². The molecule has 0 spiro atoms. The minimum absolute atomic E-state index is 0.0384. The molecule has 2 amide bonds. The third-order valence-electron chi connectivity index (χ3n) is 2.82. The molecular weight excluding hydrogens is 208 g/mol. The van der Waals surface area contributed by atoms with Crippen LogP contribution in [0.4, 0.5) is 0 Å². The maximum absolute atomic E-state index is 11.4. The molecular formula is C11H20N2O3. The Morgan fingerprint density at radius 2 is 2.38 bits per heavy atom. The van der Waals surface area contributed by atoms with Crippen molar-refractivity contribution in [2.75, 3.05) is 13.1 Å². The van der Waals surface area contributed by atoms with Gasteiger partial charge in [0.05, 0.1) is 12.5 Å². The van der Waals surface area contributed by atoms with Crippen molar-refractivity contribution in [3.8, 4) is 0 Å². The number of hydrogen-bond donors (Lipinski definition) is 2. The lowest BCUT2D eigenvalue weighted by atomic mass is 10.2. The molecule has 0 aliphatic carbocycles. The predicted molar refractivity (Wildman–Crippen MR) is 59.7 cm³/mol. The van der Waals surface area contributed by atoms with Crippen molar-refractivity contribution in [1.29, 1.82) is 0 Å². The Morgan fingerprint density at radius 1 is 1.69 bits per heavy atom. The highest BCUT2D eigenvalue weighted by atomic mass is 16.3. The van der Waals surface area contributed by atoms with Crippen molar-refractivity contribution in [2.24, 2.45) is 0 Å². The van der Waals surface area contributed by atoms with E-state index in [0.29, 0.717) is 19.5 Å². The molecule has 5 heteroatoms. The van der Waals surface area contributed by atoms with Crippen molar-refractivity contribution in [3.05, 3.63) is 0 Å². The summed E-state index contributed by atoms with van der Waals surface area (Å²) in [5.41, 5.74) is 0. The third kappa shape index (κ3) is 3.81. The largest absolute Gasteiger partial charge is 0.391 e. The van der Waals surface area contributed by atoms with Gasteiger partial charge in [0.1, 0.15) is 0 Å². The van der Waals surface area contributed by atoms with E-state index in [2.05, 4.69) is 5.32 Å². The molecule has 1 aliphatic rings. The van der Waals surface area contributed by atoms with Crippen LogP contribution in [0.2, 0.25) is 0 Å². The van der Waals surface area contributed by atoms with Gasteiger partial charge in [-0.2, -0.15) is 0 Å². The summed E-state index contributed by atoms with van der Waals surface area (Å²) in [7, 11) is 0. The van der Waals surface area contributed by atoms with Crippen LogP contribution in [0.1, 0.15) is 33.1 Å². The molecule has 0 aromatic carbocycles. The molecule has 0 bridgehead atoms. The SMILES string of the molecule is CCC(C)NC(=O)CCN1CC(O)CC1=O. The van der Waals surface area contributed by atoms with E-state index in [9.17, 15) is 14.7 Å². The number of rotatable bonds is 5. The first-order chi connectivity index (χ1) is 7.52. The van der Waals surface area contributed by atoms with Crippen LogP contribution in [0.3, 0.4) is 0 Å². The van der Waals surface area contributed by atoms with E-state index >= 15 is 0 Å². The molecule has 1 heterocycles. The fraction of sp³-hybridized carbons (Fsp3) is 0.818. The van der Waals surface area contributed by atoms with Crippen molar-refractivity contribution >= 4 is 11.8 Å². The van der Waals surface area contributed by atoms with Crippen LogP contribution in [-0.4, -0.2) is 47.1 Å². The van der Waals surface area contributed by atoms with Crippen LogP contribution in [0.15, 0.2) is 0 Å². The number of carbonyl (C=O) groups excluding carboxylic acids is 2. The first kappa shape index (κ1) is 13.0. The Labute approximate surface area is 95.8 Å². The van der Waals surface area contributed by atoms with Gasteiger partial charge >= 0.3 is 0 Å². The van der Waals surface area contributed by atoms with Crippen molar-refractivity contribution < 1.29 is 14.7 Å². The molecule has 2 unspecified atom stereocenters. The molecule has 1 aliphatic heterocycles. The summed E-state index contributed by atoms with van der Waals surface area (Å²) >= 11 is 0. The molecule has 5 nitrogen and oxygen atoms in total. The number of aliphatic hydroxyl groups excluding tert-OH is 1. The Bertz CT molecular complexity index is 268. The molecule has 1 saturated heterocycles. The fourth-order valence-corrected chi connectivity index (χ4v) is 1.65. The number of aliphatic hydroxyl groups is 1. The van der Waals surface area contributed by atoms with E-state index in [1.807, 2.05) is 13.8 Å². The topological polar surface area (TPSA) is 69.6 Å². The molecule has 0 saturated carbocycles. The standard InChI is InChI=1S/C11H20N2O3/c1-3-8(2)12-10(15)4-5-13-7-9(14)6-11(13)16/h8-9,14H,3-7H2,1-2H3,(H,12,15). The number of nitrogens with one attached hydrogen (secondary N) is 1. The van der Waals surface area contributed by atoms with Crippen LogP contribution in [0.25, 0.3) is 0 Å². The van der Waals surface area contributed by atoms with E-state index in [1.54, 1.807) is 4.90 Å². The van der Waals surface area contributed by atoms with Gasteiger partial charge in [0, 0.05) is 25.6 Å². The van der Waals surface area contributed by atoms with E-state index in [1.165, 1.54) is 0 Å². The Hall–Kier alpha value is -1.10. The van der Waals surface area contributed by atoms with Gasteiger partial charge < -0.3 is 15.3 Å². The Balaban J connectivity index is 2.24. The van der Waals surface area contributed by atoms with E-state index in [0.717, 1.165) is 6.42 Å². The monoisotopic (exact) mass is 228 g/mol. The number of amides is 2. The molecule has 0 radical (unpaired) electrons. The number of likely N-dealkylation sites (tertiary alicyclic amines) is 1. The maximum atomic E-state index is 11.4. The molecule has 1 fully saturated rings. The number of carbonyl (C=O) groups is 2. The normalized spacial score (nSPS) is 22.3. The Morgan fingerprint density at radius 3 is 2.88 bits per heavy atom. The summed E-state index contributed by atoms with van der Waals surface area (Å²) in [5.74, 6) is -0.104. The summed E-state index contributed by atoms with van der Waals surface area (Å²) in [6, 6.07) is 0.173. The first-order valence-electron chi connectivity index (χ1n) is 5.78. The molecule has 0 aromatic heterocycles. The van der Waals surface area contributed by atoms with Crippen LogP contribution in [0.5, 0.6) is 0 Å². The van der Waals surface area contributed by atoms with E-state index in [-0.39, 0.29) is 24.3 Å². The lowest BCUT2D eigenvalue weighted by Crippen LogP contribution is -2.35. The van der Waals surface area contributed by atoms with Crippen molar-refractivity contribution in [2.45, 2.75) is 45.3 Å². The summed E-state index contributed by atoms with van der Waals surface area (Å²) in [4.78, 5) is 24.3. The summed E-state index contributed by atoms with van der Waals surface area (Å²) in [6.45, 7) is 4.71. The zero-order chi connectivity index (χ0) is 12.1. The van der Waals surface area contributed by atoms with Crippen LogP contribution in [-0.2, 0) is 9.59 Å². The van der Waals surface area contributed by atoms with Gasteiger partial charge in [-0.25, -0.2) is 0 Å². The van der Waals surface area contributed by atoms with E-state index in [4.69, 9.17) is 0 Å². The van der Waals surface area contributed by atoms with Gasteiger partial charge in [-0.3, -0.25) is 9.59 Å². The van der Waals surface area contributed by atoms with Crippen LogP contribution >= 0.6 is 0 Å². The van der Waals surface area contributed by atoms with Gasteiger partial charge in [-0.05, 0) is 13.3 Å². The predicted octanol–water partition coefficient (Wildman–Crippen LogP) is -0.116. The Kier molecular flexibility index (Phi) is 4.73. The number of nitrogens with zero attached hydrogens (tertiary/aromatic N) is 1. The quantitative estimate of drug-likeness (QED) is 0.689. The molecule has 2 N–H and O–H groups in total. The summed E-state index contributed by atoms with van der Waals surface area (Å²) in [6.07, 6.45) is 0.827. The average Bonchev–Trinajstić information content (AvgIpc) is 2.54. The number of hydrogen-bond acceptors (Lipinski definition) is 3. The summed E-state index contributed by atoms with van der Waals surface area (Å²) < 4.78 is 0. The van der Waals surface area contributed by atoms with E-state index < -0.39 is 6.10 Å².